The maximum atomic E-state index is 12.4. The number of carbonyl (C=O) groups excluding carboxylic acids is 1. The summed E-state index contributed by atoms with van der Waals surface area (Å²) in [6.45, 7) is 4.01. The van der Waals surface area contributed by atoms with Gasteiger partial charge in [-0.25, -0.2) is 9.79 Å². The number of nitrogens with zero attached hydrogens (tertiary/aromatic N) is 2. The molecular weight excluding hydrogens is 516 g/mol. The average molecular weight is 537 g/mol. The average Bonchev–Trinajstić information content (AvgIpc) is 3.18. The largest absolute Gasteiger partial charge is 0.493 e. The monoisotopic (exact) mass is 536 g/mol. The van der Waals surface area contributed by atoms with Crippen LogP contribution in [0.1, 0.15) is 27.8 Å². The van der Waals surface area contributed by atoms with E-state index in [-0.39, 0.29) is 17.3 Å². The molecule has 0 bridgehead atoms. The fraction of sp³-hybridized carbons (Fsp3) is 0.154. The summed E-state index contributed by atoms with van der Waals surface area (Å²) in [6.07, 6.45) is 1.55. The third kappa shape index (κ3) is 5.41. The van der Waals surface area contributed by atoms with E-state index in [1.165, 1.54) is 13.2 Å². The van der Waals surface area contributed by atoms with Crippen LogP contribution in [0, 0.1) is 24.0 Å². The minimum Gasteiger partial charge on any atom is -0.493 e. The van der Waals surface area contributed by atoms with E-state index in [1.807, 2.05) is 31.2 Å². The summed E-state index contributed by atoms with van der Waals surface area (Å²) >= 11 is 3.52. The number of esters is 1. The lowest BCUT2D eigenvalue weighted by atomic mass is 10.1. The number of nitro benzene ring substituents is 1. The Bertz CT molecular complexity index is 1400. The highest BCUT2D eigenvalue weighted by Gasteiger charge is 2.26. The van der Waals surface area contributed by atoms with Crippen molar-refractivity contribution in [2.75, 3.05) is 7.11 Å². The third-order valence-electron chi connectivity index (χ3n) is 5.29. The zero-order valence-electron chi connectivity index (χ0n) is 19.2. The van der Waals surface area contributed by atoms with Crippen LogP contribution < -0.4 is 9.47 Å². The highest BCUT2D eigenvalue weighted by molar-refractivity contribution is 9.10. The Morgan fingerprint density at radius 3 is 2.66 bits per heavy atom. The lowest BCUT2D eigenvalue weighted by Gasteiger charge is -2.14. The van der Waals surface area contributed by atoms with Gasteiger partial charge in [-0.2, -0.15) is 0 Å². The molecule has 178 valence electrons. The van der Waals surface area contributed by atoms with Gasteiger partial charge < -0.3 is 14.2 Å². The lowest BCUT2D eigenvalue weighted by molar-refractivity contribution is -0.385. The van der Waals surface area contributed by atoms with E-state index in [4.69, 9.17) is 14.2 Å². The number of nitro groups is 1. The topological polar surface area (TPSA) is 100 Å². The summed E-state index contributed by atoms with van der Waals surface area (Å²) in [5.41, 5.74) is 3.63. The molecule has 0 N–H and O–H groups in total. The van der Waals surface area contributed by atoms with Gasteiger partial charge in [-0.05, 0) is 65.2 Å². The Morgan fingerprint density at radius 2 is 1.94 bits per heavy atom. The van der Waals surface area contributed by atoms with Crippen molar-refractivity contribution < 1.29 is 23.9 Å². The number of methoxy groups -OCH3 is 1. The first-order valence-corrected chi connectivity index (χ1v) is 11.4. The first-order chi connectivity index (χ1) is 16.7. The number of hydrogen-bond acceptors (Lipinski definition) is 7. The molecule has 0 unspecified atom stereocenters. The van der Waals surface area contributed by atoms with Gasteiger partial charge in [0.2, 0.25) is 5.90 Å². The van der Waals surface area contributed by atoms with Crippen molar-refractivity contribution in [3.63, 3.8) is 0 Å². The maximum absolute atomic E-state index is 12.4. The number of aryl methyl sites for hydroxylation is 2. The van der Waals surface area contributed by atoms with Crippen molar-refractivity contribution in [3.8, 4) is 11.5 Å². The van der Waals surface area contributed by atoms with E-state index >= 15 is 0 Å². The molecule has 1 aliphatic heterocycles. The molecule has 35 heavy (non-hydrogen) atoms. The van der Waals surface area contributed by atoms with Crippen molar-refractivity contribution in [3.05, 3.63) is 103 Å². The molecule has 0 atom stereocenters. The quantitative estimate of drug-likeness (QED) is 0.161. The molecule has 0 aromatic heterocycles. The van der Waals surface area contributed by atoms with Gasteiger partial charge in [-0.3, -0.25) is 10.1 Å². The van der Waals surface area contributed by atoms with Crippen LogP contribution in [0.2, 0.25) is 0 Å². The van der Waals surface area contributed by atoms with Gasteiger partial charge in [0.25, 0.3) is 5.69 Å². The van der Waals surface area contributed by atoms with Crippen molar-refractivity contribution >= 4 is 39.6 Å². The first kappa shape index (κ1) is 24.2. The summed E-state index contributed by atoms with van der Waals surface area (Å²) < 4.78 is 17.4. The van der Waals surface area contributed by atoms with Gasteiger partial charge in [0.05, 0.1) is 16.5 Å². The van der Waals surface area contributed by atoms with Gasteiger partial charge >= 0.3 is 5.97 Å². The number of ether oxygens (including phenoxy) is 3. The first-order valence-electron chi connectivity index (χ1n) is 10.6. The fourth-order valence-electron chi connectivity index (χ4n) is 3.55. The van der Waals surface area contributed by atoms with Crippen LogP contribution in [0.25, 0.3) is 6.08 Å². The molecule has 0 radical (unpaired) electrons. The predicted octanol–water partition coefficient (Wildman–Crippen LogP) is 5.91. The molecular formula is C26H21BrN2O6. The van der Waals surface area contributed by atoms with Crippen LogP contribution >= 0.6 is 15.9 Å². The summed E-state index contributed by atoms with van der Waals surface area (Å²) in [5, 5.41) is 11.2. The van der Waals surface area contributed by atoms with Crippen LogP contribution in [-0.2, 0) is 16.1 Å². The van der Waals surface area contributed by atoms with Crippen LogP contribution in [0.3, 0.4) is 0 Å². The van der Waals surface area contributed by atoms with Gasteiger partial charge in [0.1, 0.15) is 6.61 Å². The molecule has 0 aliphatic carbocycles. The summed E-state index contributed by atoms with van der Waals surface area (Å²) in [7, 11) is 1.53. The summed E-state index contributed by atoms with van der Waals surface area (Å²) in [5.74, 6) is 0.358. The van der Waals surface area contributed by atoms with E-state index in [0.717, 1.165) is 11.1 Å². The Morgan fingerprint density at radius 1 is 1.14 bits per heavy atom. The second-order valence-electron chi connectivity index (χ2n) is 7.91. The van der Waals surface area contributed by atoms with E-state index in [1.54, 1.807) is 37.3 Å². The lowest BCUT2D eigenvalue weighted by Crippen LogP contribution is -2.06. The predicted molar refractivity (Wildman–Crippen MR) is 135 cm³/mol. The van der Waals surface area contributed by atoms with Crippen LogP contribution in [-0.4, -0.2) is 23.9 Å². The minimum absolute atomic E-state index is 0.00786. The number of aliphatic imine (C=N–C) groups is 1. The molecule has 4 rings (SSSR count). The number of benzene rings is 3. The molecule has 0 amide bonds. The molecule has 0 saturated carbocycles. The zero-order valence-corrected chi connectivity index (χ0v) is 20.8. The van der Waals surface area contributed by atoms with E-state index in [0.29, 0.717) is 39.3 Å². The Hall–Kier alpha value is -3.98. The molecule has 3 aromatic rings. The SMILES string of the molecule is COc1cc(/C=C2\N=C(c3ccc(C)c([N+](=O)[O-])c3)OC2=O)cc(Br)c1OCc1cccc(C)c1. The smallest absolute Gasteiger partial charge is 0.363 e. The van der Waals surface area contributed by atoms with Crippen LogP contribution in [0.15, 0.2) is 69.8 Å². The fourth-order valence-corrected chi connectivity index (χ4v) is 4.12. The van der Waals surface area contributed by atoms with Crippen molar-refractivity contribution in [1.82, 2.24) is 0 Å². The van der Waals surface area contributed by atoms with Crippen LogP contribution in [0.4, 0.5) is 5.69 Å². The molecule has 0 spiro atoms. The second-order valence-corrected chi connectivity index (χ2v) is 8.76. The molecule has 0 fully saturated rings. The summed E-state index contributed by atoms with van der Waals surface area (Å²) in [6, 6.07) is 16.1. The minimum atomic E-state index is -0.655. The Kier molecular flexibility index (Phi) is 6.97. The number of hydrogen-bond donors (Lipinski definition) is 0. The molecule has 1 aliphatic rings. The number of halogens is 1. The highest BCUT2D eigenvalue weighted by atomic mass is 79.9. The highest BCUT2D eigenvalue weighted by Crippen LogP contribution is 2.38. The maximum Gasteiger partial charge on any atom is 0.363 e. The standard InChI is InChI=1S/C26H21BrN2O6/c1-15-5-4-6-17(9-15)14-34-24-20(27)10-18(12-23(24)33-3)11-21-26(30)35-25(28-21)19-8-7-16(2)22(13-19)29(31)32/h4-13H,14H2,1-3H3/b21-11-. The van der Waals surface area contributed by atoms with Gasteiger partial charge in [0, 0.05) is 17.2 Å². The van der Waals surface area contributed by atoms with Crippen molar-refractivity contribution in [2.45, 2.75) is 20.5 Å². The normalized spacial score (nSPS) is 14.0. The van der Waals surface area contributed by atoms with E-state index in [2.05, 4.69) is 20.9 Å². The van der Waals surface area contributed by atoms with Crippen LogP contribution in [0.5, 0.6) is 11.5 Å². The number of rotatable bonds is 7. The Labute approximate surface area is 210 Å². The third-order valence-corrected chi connectivity index (χ3v) is 5.88. The summed E-state index contributed by atoms with van der Waals surface area (Å²) in [4.78, 5) is 27.4. The zero-order chi connectivity index (χ0) is 25.1. The molecule has 9 heteroatoms. The second kappa shape index (κ2) is 10.1. The van der Waals surface area contributed by atoms with Gasteiger partial charge in [0.15, 0.2) is 17.2 Å². The molecule has 0 saturated heterocycles. The van der Waals surface area contributed by atoms with Gasteiger partial charge in [-0.15, -0.1) is 0 Å². The van der Waals surface area contributed by atoms with Crippen molar-refractivity contribution in [2.24, 2.45) is 4.99 Å². The Balaban J connectivity index is 1.61. The number of cyclic esters (lactones) is 1. The molecule has 3 aromatic carbocycles. The molecule has 8 nitrogen and oxygen atoms in total. The molecule has 1 heterocycles. The number of carbonyl (C=O) groups is 1. The van der Waals surface area contributed by atoms with E-state index in [9.17, 15) is 14.9 Å². The van der Waals surface area contributed by atoms with E-state index < -0.39 is 10.9 Å². The van der Waals surface area contributed by atoms with Gasteiger partial charge in [-0.1, -0.05) is 35.9 Å². The van der Waals surface area contributed by atoms with Crippen molar-refractivity contribution in [1.29, 1.82) is 0 Å².